The third-order valence-corrected chi connectivity index (χ3v) is 3.58. The third kappa shape index (κ3) is 5.10. The molecule has 0 saturated heterocycles. The second-order valence-electron chi connectivity index (χ2n) is 5.58. The Morgan fingerprint density at radius 2 is 1.90 bits per heavy atom. The predicted molar refractivity (Wildman–Crippen MR) is 83.6 cm³/mol. The van der Waals surface area contributed by atoms with Crippen LogP contribution in [0.1, 0.15) is 45.6 Å². The number of carbonyl (C=O) groups excluding carboxylic acids is 1. The quantitative estimate of drug-likeness (QED) is 0.751. The number of anilines is 1. The molecule has 0 unspecified atom stereocenters. The highest BCUT2D eigenvalue weighted by atomic mass is 16.4. The van der Waals surface area contributed by atoms with E-state index in [1.807, 2.05) is 25.1 Å². The Balaban J connectivity index is 2.72. The number of aliphatic carboxylic acids is 1. The van der Waals surface area contributed by atoms with E-state index in [0.29, 0.717) is 18.0 Å². The van der Waals surface area contributed by atoms with Crippen LogP contribution < -0.4 is 10.6 Å². The number of carboxylic acids is 1. The predicted octanol–water partition coefficient (Wildman–Crippen LogP) is 3.43. The number of rotatable bonds is 6. The van der Waals surface area contributed by atoms with Crippen LogP contribution in [0.4, 0.5) is 10.5 Å². The van der Waals surface area contributed by atoms with E-state index in [1.54, 1.807) is 13.0 Å². The molecule has 0 heterocycles. The Kier molecular flexibility index (Phi) is 6.21. The van der Waals surface area contributed by atoms with Gasteiger partial charge in [0.2, 0.25) is 0 Å². The zero-order valence-electron chi connectivity index (χ0n) is 13.0. The fourth-order valence-corrected chi connectivity index (χ4v) is 1.97. The van der Waals surface area contributed by atoms with Crippen molar-refractivity contribution in [3.05, 3.63) is 29.8 Å². The van der Waals surface area contributed by atoms with Crippen molar-refractivity contribution in [3.63, 3.8) is 0 Å². The standard InChI is InChI=1S/C16H24N2O3/c1-5-11(4)14(15(19)20)18-16(21)17-13-8-6-7-12(9-13)10(2)3/h6-11,14H,5H2,1-4H3,(H,19,20)(H2,17,18,21)/t11-,14-/m0/s1. The molecule has 116 valence electrons. The van der Waals surface area contributed by atoms with Crippen molar-refractivity contribution in [1.29, 1.82) is 0 Å². The van der Waals surface area contributed by atoms with Crippen LogP contribution in [0.15, 0.2) is 24.3 Å². The van der Waals surface area contributed by atoms with Crippen LogP contribution in [0.5, 0.6) is 0 Å². The highest BCUT2D eigenvalue weighted by Gasteiger charge is 2.25. The maximum absolute atomic E-state index is 11.9. The monoisotopic (exact) mass is 292 g/mol. The van der Waals surface area contributed by atoms with Gasteiger partial charge in [0.1, 0.15) is 6.04 Å². The molecule has 0 bridgehead atoms. The van der Waals surface area contributed by atoms with Gasteiger partial charge in [-0.1, -0.05) is 46.2 Å². The lowest BCUT2D eigenvalue weighted by atomic mass is 9.99. The van der Waals surface area contributed by atoms with Gasteiger partial charge in [-0.05, 0) is 29.5 Å². The normalized spacial score (nSPS) is 13.6. The number of amides is 2. The smallest absolute Gasteiger partial charge is 0.326 e. The number of benzene rings is 1. The Hall–Kier alpha value is -2.04. The first-order valence-electron chi connectivity index (χ1n) is 7.25. The number of urea groups is 1. The van der Waals surface area contributed by atoms with Crippen molar-refractivity contribution in [3.8, 4) is 0 Å². The van der Waals surface area contributed by atoms with E-state index in [-0.39, 0.29) is 5.92 Å². The van der Waals surface area contributed by atoms with E-state index in [1.165, 1.54) is 0 Å². The zero-order valence-corrected chi connectivity index (χ0v) is 13.0. The van der Waals surface area contributed by atoms with Crippen molar-refractivity contribution in [2.45, 2.75) is 46.1 Å². The first-order chi connectivity index (χ1) is 9.85. The summed E-state index contributed by atoms with van der Waals surface area (Å²) in [7, 11) is 0. The van der Waals surface area contributed by atoms with Gasteiger partial charge in [-0.3, -0.25) is 0 Å². The Labute approximate surface area is 125 Å². The first kappa shape index (κ1) is 17.0. The van der Waals surface area contributed by atoms with Gasteiger partial charge in [-0.15, -0.1) is 0 Å². The molecule has 0 radical (unpaired) electrons. The molecule has 0 saturated carbocycles. The van der Waals surface area contributed by atoms with Gasteiger partial charge in [0.25, 0.3) is 0 Å². The molecule has 2 atom stereocenters. The molecule has 0 aliphatic carbocycles. The summed E-state index contributed by atoms with van der Waals surface area (Å²) < 4.78 is 0. The summed E-state index contributed by atoms with van der Waals surface area (Å²) in [5.74, 6) is -0.785. The molecule has 0 aliphatic heterocycles. The van der Waals surface area contributed by atoms with E-state index >= 15 is 0 Å². The van der Waals surface area contributed by atoms with Crippen LogP contribution in [0.25, 0.3) is 0 Å². The molecule has 5 heteroatoms. The van der Waals surface area contributed by atoms with E-state index in [0.717, 1.165) is 5.56 Å². The molecule has 3 N–H and O–H groups in total. The van der Waals surface area contributed by atoms with E-state index < -0.39 is 18.0 Å². The molecule has 0 aliphatic rings. The Bertz CT molecular complexity index is 500. The van der Waals surface area contributed by atoms with Crippen LogP contribution in [-0.4, -0.2) is 23.1 Å². The molecule has 2 amide bonds. The minimum Gasteiger partial charge on any atom is -0.480 e. The highest BCUT2D eigenvalue weighted by Crippen LogP contribution is 2.18. The summed E-state index contributed by atoms with van der Waals surface area (Å²) in [6.45, 7) is 7.84. The summed E-state index contributed by atoms with van der Waals surface area (Å²) in [6.07, 6.45) is 0.681. The van der Waals surface area contributed by atoms with Crippen LogP contribution in [0.3, 0.4) is 0 Å². The number of hydrogen-bond acceptors (Lipinski definition) is 2. The number of hydrogen-bond donors (Lipinski definition) is 3. The lowest BCUT2D eigenvalue weighted by Crippen LogP contribution is -2.46. The number of carboxylic acid groups (broad SMARTS) is 1. The molecule has 1 rings (SSSR count). The lowest BCUT2D eigenvalue weighted by molar-refractivity contribution is -0.140. The van der Waals surface area contributed by atoms with E-state index in [9.17, 15) is 9.59 Å². The molecular formula is C16H24N2O3. The minimum absolute atomic E-state index is 0.129. The van der Waals surface area contributed by atoms with Gasteiger partial charge in [-0.25, -0.2) is 9.59 Å². The van der Waals surface area contributed by atoms with Gasteiger partial charge in [-0.2, -0.15) is 0 Å². The van der Waals surface area contributed by atoms with Gasteiger partial charge < -0.3 is 15.7 Å². The van der Waals surface area contributed by atoms with E-state index in [4.69, 9.17) is 5.11 Å². The van der Waals surface area contributed by atoms with Crippen molar-refractivity contribution >= 4 is 17.7 Å². The van der Waals surface area contributed by atoms with Gasteiger partial charge >= 0.3 is 12.0 Å². The minimum atomic E-state index is -1.02. The molecule has 0 fully saturated rings. The number of carbonyl (C=O) groups is 2. The van der Waals surface area contributed by atoms with Crippen LogP contribution in [0.2, 0.25) is 0 Å². The van der Waals surface area contributed by atoms with Crippen molar-refractivity contribution < 1.29 is 14.7 Å². The van der Waals surface area contributed by atoms with Crippen molar-refractivity contribution in [2.75, 3.05) is 5.32 Å². The average molecular weight is 292 g/mol. The Morgan fingerprint density at radius 1 is 1.24 bits per heavy atom. The number of nitrogens with one attached hydrogen (secondary N) is 2. The summed E-state index contributed by atoms with van der Waals surface area (Å²) in [5.41, 5.74) is 1.77. The largest absolute Gasteiger partial charge is 0.480 e. The molecule has 0 spiro atoms. The first-order valence-corrected chi connectivity index (χ1v) is 7.25. The van der Waals surface area contributed by atoms with Gasteiger partial charge in [0.15, 0.2) is 0 Å². The molecule has 0 aromatic heterocycles. The summed E-state index contributed by atoms with van der Waals surface area (Å²) >= 11 is 0. The molecular weight excluding hydrogens is 268 g/mol. The third-order valence-electron chi connectivity index (χ3n) is 3.58. The molecule has 21 heavy (non-hydrogen) atoms. The average Bonchev–Trinajstić information content (AvgIpc) is 2.43. The molecule has 5 nitrogen and oxygen atoms in total. The van der Waals surface area contributed by atoms with Crippen LogP contribution in [-0.2, 0) is 4.79 Å². The SMILES string of the molecule is CC[C@H](C)[C@H](NC(=O)Nc1cccc(C(C)C)c1)C(=O)O. The van der Waals surface area contributed by atoms with E-state index in [2.05, 4.69) is 24.5 Å². The Morgan fingerprint density at radius 3 is 2.43 bits per heavy atom. The lowest BCUT2D eigenvalue weighted by Gasteiger charge is -2.20. The maximum atomic E-state index is 11.9. The fraction of sp³-hybridized carbons (Fsp3) is 0.500. The van der Waals surface area contributed by atoms with Gasteiger partial charge in [0, 0.05) is 5.69 Å². The summed E-state index contributed by atoms with van der Waals surface area (Å²) in [6, 6.07) is 6.15. The zero-order chi connectivity index (χ0) is 16.0. The molecule has 1 aromatic rings. The fourth-order valence-electron chi connectivity index (χ4n) is 1.97. The van der Waals surface area contributed by atoms with Crippen molar-refractivity contribution in [2.24, 2.45) is 5.92 Å². The van der Waals surface area contributed by atoms with Crippen molar-refractivity contribution in [1.82, 2.24) is 5.32 Å². The topological polar surface area (TPSA) is 78.4 Å². The highest BCUT2D eigenvalue weighted by molar-refractivity contribution is 5.92. The summed E-state index contributed by atoms with van der Waals surface area (Å²) in [4.78, 5) is 23.1. The summed E-state index contributed by atoms with van der Waals surface area (Å²) in [5, 5.41) is 14.4. The second kappa shape index (κ2) is 7.67. The van der Waals surface area contributed by atoms with Gasteiger partial charge in [0.05, 0.1) is 0 Å². The molecule has 1 aromatic carbocycles. The maximum Gasteiger partial charge on any atom is 0.326 e. The van der Waals surface area contributed by atoms with Crippen LogP contribution >= 0.6 is 0 Å². The second-order valence-corrected chi connectivity index (χ2v) is 5.58. The van der Waals surface area contributed by atoms with Crippen LogP contribution in [0, 0.1) is 5.92 Å².